The molecule has 11 N–H and O–H groups in total. The van der Waals surface area contributed by atoms with Crippen molar-refractivity contribution < 1.29 is 85.6 Å². The number of imidazole rings is 1. The fourth-order valence-electron chi connectivity index (χ4n) is 4.97. The topological polar surface area (TPSA) is 384 Å². The number of fused-ring (bicyclic) bond motifs is 1. The predicted octanol–water partition coefficient (Wildman–Crippen LogP) is -0.618. The molecule has 0 radical (unpaired) electrons. The van der Waals surface area contributed by atoms with E-state index in [0.29, 0.717) is 0 Å². The van der Waals surface area contributed by atoms with E-state index in [2.05, 4.69) is 34.4 Å². The zero-order valence-electron chi connectivity index (χ0n) is 30.9. The number of phosphoric acid groups is 3. The van der Waals surface area contributed by atoms with Crippen molar-refractivity contribution in [2.45, 2.75) is 77.3 Å². The number of allylic oxidation sites excluding steroid dienone is 1. The molecule has 3 rings (SSSR count). The summed E-state index contributed by atoms with van der Waals surface area (Å²) in [6.07, 6.45) is -6.43. The maximum Gasteiger partial charge on any atom is 0.481 e. The van der Waals surface area contributed by atoms with Gasteiger partial charge in [-0.2, -0.15) is 4.31 Å². The molecule has 0 spiro atoms. The third-order valence-electron chi connectivity index (χ3n) is 7.67. The van der Waals surface area contributed by atoms with Crippen LogP contribution in [0.25, 0.3) is 11.2 Å². The third kappa shape index (κ3) is 15.4. The van der Waals surface area contributed by atoms with Gasteiger partial charge in [-0.1, -0.05) is 37.3 Å². The normalized spacial score (nSPS) is 21.9. The molecular weight excluding hydrogens is 847 g/mol. The molecule has 322 valence electrons. The number of nitrogens with zero attached hydrogens (tertiary/aromatic N) is 4. The first-order valence-corrected chi connectivity index (χ1v) is 22.2. The second-order valence-electron chi connectivity index (χ2n) is 13.3. The van der Waals surface area contributed by atoms with Crippen molar-refractivity contribution in [3.63, 3.8) is 0 Å². The number of ether oxygens (including phenoxy) is 1. The number of hydrogen-bond donors (Lipinski definition) is 10. The van der Waals surface area contributed by atoms with Crippen molar-refractivity contribution in [1.82, 2.24) is 30.2 Å². The van der Waals surface area contributed by atoms with Gasteiger partial charge >= 0.3 is 23.5 Å². The summed E-state index contributed by atoms with van der Waals surface area (Å²) in [5, 5.41) is 35.8. The molecule has 1 saturated heterocycles. The molecule has 29 heteroatoms. The summed E-state index contributed by atoms with van der Waals surface area (Å²) in [5.41, 5.74) is 5.09. The number of rotatable bonds is 22. The third-order valence-corrected chi connectivity index (χ3v) is 11.7. The molecule has 2 aromatic rings. The van der Waals surface area contributed by atoms with E-state index in [1.165, 1.54) is 13.8 Å². The Morgan fingerprint density at radius 2 is 1.72 bits per heavy atom. The summed E-state index contributed by atoms with van der Waals surface area (Å²) < 4.78 is 62.1. The molecule has 1 aliphatic rings. The minimum Gasteiger partial charge on any atom is -0.389 e. The number of nitrogens with one attached hydrogen (secondary N) is 2. The molecule has 0 saturated carbocycles. The zero-order chi connectivity index (χ0) is 42.9. The Morgan fingerprint density at radius 3 is 2.37 bits per heavy atom. The molecule has 0 aliphatic carbocycles. The Kier molecular flexibility index (Phi) is 17.5. The Morgan fingerprint density at radius 1 is 1.05 bits per heavy atom. The van der Waals surface area contributed by atoms with Crippen LogP contribution in [0.2, 0.25) is 0 Å². The SMILES string of the molecule is CC(C)=CC(O)CC(=O)SCCNC(=O)CCNC(=O)[C@H](O)C(C)(C)COP(=O)(O)OP(=O)(O)OC[C@H]1O[C@@H](n2cnc3c(N)ncnc32)[C@H](O)[C@@H]1OP(=O)(O)O. The van der Waals surface area contributed by atoms with Crippen LogP contribution in [-0.2, 0) is 50.7 Å². The van der Waals surface area contributed by atoms with Crippen molar-refractivity contribution in [2.24, 2.45) is 5.41 Å². The molecule has 3 heterocycles. The van der Waals surface area contributed by atoms with Crippen LogP contribution in [0, 0.1) is 5.41 Å². The number of hydrogen-bond acceptors (Lipinski definition) is 19. The summed E-state index contributed by atoms with van der Waals surface area (Å²) in [5.74, 6) is -1.28. The second kappa shape index (κ2) is 20.5. The number of aromatic nitrogens is 4. The van der Waals surface area contributed by atoms with E-state index >= 15 is 0 Å². The van der Waals surface area contributed by atoms with Crippen LogP contribution in [0.1, 0.15) is 46.8 Å². The van der Waals surface area contributed by atoms with E-state index in [4.69, 9.17) is 19.5 Å². The van der Waals surface area contributed by atoms with Gasteiger partial charge in [-0.05, 0) is 13.8 Å². The van der Waals surface area contributed by atoms with Gasteiger partial charge in [-0.25, -0.2) is 28.6 Å². The zero-order valence-corrected chi connectivity index (χ0v) is 34.4. The second-order valence-corrected chi connectivity index (χ2v) is 18.7. The van der Waals surface area contributed by atoms with Crippen LogP contribution in [0.5, 0.6) is 0 Å². The highest BCUT2D eigenvalue weighted by molar-refractivity contribution is 8.13. The fourth-order valence-corrected chi connectivity index (χ4v) is 8.52. The molecule has 1 fully saturated rings. The van der Waals surface area contributed by atoms with Crippen LogP contribution in [0.4, 0.5) is 5.82 Å². The number of amides is 2. The lowest BCUT2D eigenvalue weighted by Crippen LogP contribution is -2.46. The molecule has 25 nitrogen and oxygen atoms in total. The maximum atomic E-state index is 12.7. The molecule has 0 aromatic carbocycles. The average Bonchev–Trinajstić information content (AvgIpc) is 3.64. The first-order chi connectivity index (χ1) is 26.3. The molecule has 0 bridgehead atoms. The number of nitrogen functional groups attached to an aromatic ring is 1. The number of aliphatic hydroxyl groups excluding tert-OH is 3. The number of nitrogens with two attached hydrogens (primary N) is 1. The van der Waals surface area contributed by atoms with E-state index in [-0.39, 0.29) is 53.8 Å². The Hall–Kier alpha value is -2.74. The van der Waals surface area contributed by atoms with E-state index < -0.39 is 90.7 Å². The number of phosphoric ester groups is 3. The smallest absolute Gasteiger partial charge is 0.389 e. The lowest BCUT2D eigenvalue weighted by atomic mass is 9.87. The lowest BCUT2D eigenvalue weighted by molar-refractivity contribution is -0.137. The van der Waals surface area contributed by atoms with E-state index in [1.807, 2.05) is 0 Å². The maximum absolute atomic E-state index is 12.7. The van der Waals surface area contributed by atoms with Crippen LogP contribution in [0.3, 0.4) is 0 Å². The van der Waals surface area contributed by atoms with Gasteiger partial charge in [0, 0.05) is 37.1 Å². The quantitative estimate of drug-likeness (QED) is 0.0400. The largest absolute Gasteiger partial charge is 0.481 e. The van der Waals surface area contributed by atoms with Crippen molar-refractivity contribution >= 4 is 69.1 Å². The molecule has 57 heavy (non-hydrogen) atoms. The summed E-state index contributed by atoms with van der Waals surface area (Å²) in [6, 6.07) is 0. The van der Waals surface area contributed by atoms with Gasteiger partial charge in [0.2, 0.25) is 11.8 Å². The summed E-state index contributed by atoms with van der Waals surface area (Å²) in [6.45, 7) is 3.91. The summed E-state index contributed by atoms with van der Waals surface area (Å²) in [7, 11) is -16.4. The highest BCUT2D eigenvalue weighted by atomic mass is 32.2. The van der Waals surface area contributed by atoms with E-state index in [1.54, 1.807) is 19.9 Å². The van der Waals surface area contributed by atoms with Gasteiger partial charge in [-0.3, -0.25) is 32.5 Å². The van der Waals surface area contributed by atoms with Crippen molar-refractivity contribution in [3.05, 3.63) is 24.3 Å². The Bertz CT molecular complexity index is 1910. The predicted molar refractivity (Wildman–Crippen MR) is 197 cm³/mol. The monoisotopic (exact) mass is 893 g/mol. The lowest BCUT2D eigenvalue weighted by Gasteiger charge is -2.30. The molecule has 2 amide bonds. The number of thioether (sulfide) groups is 1. The van der Waals surface area contributed by atoms with Gasteiger partial charge in [0.25, 0.3) is 0 Å². The molecule has 3 unspecified atom stereocenters. The number of carbonyl (C=O) groups is 3. The number of aliphatic hydroxyl groups is 3. The van der Waals surface area contributed by atoms with Gasteiger partial charge in [-0.15, -0.1) is 0 Å². The molecule has 8 atom stereocenters. The Balaban J connectivity index is 1.47. The average molecular weight is 894 g/mol. The summed E-state index contributed by atoms with van der Waals surface area (Å²) >= 11 is 0.936. The summed E-state index contributed by atoms with van der Waals surface area (Å²) in [4.78, 5) is 87.5. The highest BCUT2D eigenvalue weighted by Crippen LogP contribution is 2.61. The number of anilines is 1. The van der Waals surface area contributed by atoms with Gasteiger partial charge in [0.15, 0.2) is 22.8 Å². The van der Waals surface area contributed by atoms with Crippen molar-refractivity contribution in [3.8, 4) is 0 Å². The minimum atomic E-state index is -5.58. The van der Waals surface area contributed by atoms with Crippen LogP contribution >= 0.6 is 35.2 Å². The molecule has 2 aromatic heterocycles. The number of carbonyl (C=O) groups excluding carboxylic acids is 3. The van der Waals surface area contributed by atoms with Gasteiger partial charge in [0.05, 0.1) is 25.6 Å². The van der Waals surface area contributed by atoms with Crippen LogP contribution in [-0.4, -0.2) is 134 Å². The molecule has 1 aliphatic heterocycles. The fraction of sp³-hybridized carbons (Fsp3) is 0.643. The van der Waals surface area contributed by atoms with Crippen LogP contribution < -0.4 is 16.4 Å². The molecular formula is C28H46N7O18P3S. The van der Waals surface area contributed by atoms with E-state index in [9.17, 15) is 63.0 Å². The van der Waals surface area contributed by atoms with Crippen molar-refractivity contribution in [1.29, 1.82) is 0 Å². The first kappa shape index (κ1) is 48.6. The Labute approximate surface area is 329 Å². The van der Waals surface area contributed by atoms with Gasteiger partial charge in [0.1, 0.15) is 36.3 Å². The van der Waals surface area contributed by atoms with E-state index in [0.717, 1.165) is 34.6 Å². The first-order valence-electron chi connectivity index (χ1n) is 16.7. The standard InChI is InChI=1S/C28H46N7O18P3S/c1-15(2)9-16(36)10-19(38)57-8-7-30-18(37)5-6-31-26(41)23(40)28(3,4)12-50-56(47,48)53-55(45,46)49-11-17-22(52-54(42,43)44)21(39)27(51-17)35-14-34-20-24(29)32-13-33-25(20)35/h9,13-14,16-17,21-23,27,36,39-40H,5-8,10-12H2,1-4H3,(H,30,37)(H,31,41)(H,45,46)(H,47,48)(H2,29,32,33)(H2,42,43,44)/t16?,17-,21-,22-,23+,27-/m1/s1. The van der Waals surface area contributed by atoms with Crippen LogP contribution in [0.15, 0.2) is 24.3 Å². The van der Waals surface area contributed by atoms with Crippen molar-refractivity contribution in [2.75, 3.05) is 37.8 Å². The highest BCUT2D eigenvalue weighted by Gasteiger charge is 2.50. The minimum absolute atomic E-state index is 0.0251. The van der Waals surface area contributed by atoms with Gasteiger partial charge < -0.3 is 56.0 Å².